The second kappa shape index (κ2) is 6.17. The number of aliphatic hydroxyl groups is 1. The molecule has 0 bridgehead atoms. The minimum atomic E-state index is -0.855. The first-order valence-electron chi connectivity index (χ1n) is 6.80. The number of aliphatic hydroxyl groups excluding tert-OH is 1. The van der Waals surface area contributed by atoms with Crippen LogP contribution in [0.15, 0.2) is 18.2 Å². The van der Waals surface area contributed by atoms with E-state index in [9.17, 15) is 18.7 Å². The zero-order valence-corrected chi connectivity index (χ0v) is 12.1. The number of nitrogens with zero attached hydrogens (tertiary/aromatic N) is 1. The van der Waals surface area contributed by atoms with E-state index < -0.39 is 34.7 Å². The topological polar surface area (TPSA) is 49.8 Å². The second-order valence-electron chi connectivity index (χ2n) is 5.87. The molecule has 1 N–H and O–H groups in total. The van der Waals surface area contributed by atoms with E-state index in [-0.39, 0.29) is 13.2 Å². The molecule has 1 heterocycles. The summed E-state index contributed by atoms with van der Waals surface area (Å²) in [7, 11) is 0. The average molecular weight is 299 g/mol. The van der Waals surface area contributed by atoms with Crippen molar-refractivity contribution in [2.24, 2.45) is 0 Å². The van der Waals surface area contributed by atoms with E-state index in [1.807, 2.05) is 13.8 Å². The summed E-state index contributed by atoms with van der Waals surface area (Å²) in [4.78, 5) is 13.9. The molecule has 1 fully saturated rings. The molecule has 2 rings (SSSR count). The van der Waals surface area contributed by atoms with Crippen LogP contribution in [0, 0.1) is 11.6 Å². The van der Waals surface area contributed by atoms with Crippen molar-refractivity contribution in [2.75, 3.05) is 26.2 Å². The minimum Gasteiger partial charge on any atom is -0.394 e. The van der Waals surface area contributed by atoms with E-state index in [0.717, 1.165) is 12.1 Å². The van der Waals surface area contributed by atoms with Crippen molar-refractivity contribution in [2.45, 2.75) is 25.6 Å². The van der Waals surface area contributed by atoms with Gasteiger partial charge in [0.05, 0.1) is 30.4 Å². The molecule has 1 atom stereocenters. The van der Waals surface area contributed by atoms with Crippen molar-refractivity contribution in [1.82, 2.24) is 4.90 Å². The molecule has 0 spiro atoms. The number of morpholine rings is 1. The van der Waals surface area contributed by atoms with Crippen molar-refractivity contribution in [3.05, 3.63) is 35.4 Å². The quantitative estimate of drug-likeness (QED) is 0.858. The zero-order chi connectivity index (χ0) is 15.6. The van der Waals surface area contributed by atoms with Gasteiger partial charge in [-0.2, -0.15) is 0 Å². The summed E-state index contributed by atoms with van der Waals surface area (Å²) in [5.74, 6) is -2.32. The maximum atomic E-state index is 13.6. The molecule has 0 amide bonds. The Morgan fingerprint density at radius 2 is 2.05 bits per heavy atom. The summed E-state index contributed by atoms with van der Waals surface area (Å²) >= 11 is 0. The summed E-state index contributed by atoms with van der Waals surface area (Å²) in [6, 6.07) is 3.35. The fourth-order valence-electron chi connectivity index (χ4n) is 2.68. The Morgan fingerprint density at radius 1 is 1.43 bits per heavy atom. The van der Waals surface area contributed by atoms with Gasteiger partial charge in [0.1, 0.15) is 11.6 Å². The fraction of sp³-hybridized carbons (Fsp3) is 0.533. The van der Waals surface area contributed by atoms with Crippen molar-refractivity contribution < 1.29 is 23.4 Å². The molecule has 0 radical (unpaired) electrons. The Morgan fingerprint density at radius 3 is 2.62 bits per heavy atom. The number of halogens is 2. The van der Waals surface area contributed by atoms with Crippen molar-refractivity contribution in [3.63, 3.8) is 0 Å². The van der Waals surface area contributed by atoms with Crippen LogP contribution in [0.4, 0.5) is 8.78 Å². The lowest BCUT2D eigenvalue weighted by molar-refractivity contribution is -0.146. The van der Waals surface area contributed by atoms with E-state index in [4.69, 9.17) is 4.74 Å². The molecule has 1 saturated heterocycles. The molecule has 0 aliphatic carbocycles. The van der Waals surface area contributed by atoms with Crippen LogP contribution in [0.1, 0.15) is 24.2 Å². The lowest BCUT2D eigenvalue weighted by Crippen LogP contribution is -2.54. The van der Waals surface area contributed by atoms with Crippen LogP contribution in [-0.2, 0) is 4.74 Å². The normalized spacial score (nSPS) is 22.2. The predicted octanol–water partition coefficient (Wildman–Crippen LogP) is 1.62. The monoisotopic (exact) mass is 299 g/mol. The lowest BCUT2D eigenvalue weighted by atomic mass is 10.0. The van der Waals surface area contributed by atoms with Crippen LogP contribution in [0.5, 0.6) is 0 Å². The third-order valence-electron chi connectivity index (χ3n) is 3.36. The number of ether oxygens (including phenoxy) is 1. The number of hydrogen-bond acceptors (Lipinski definition) is 4. The molecule has 1 aromatic rings. The summed E-state index contributed by atoms with van der Waals surface area (Å²) in [6.45, 7) is 4.21. The van der Waals surface area contributed by atoms with E-state index in [1.54, 1.807) is 4.90 Å². The highest BCUT2D eigenvalue weighted by molar-refractivity contribution is 5.98. The number of hydrogen-bond donors (Lipinski definition) is 1. The van der Waals surface area contributed by atoms with Gasteiger partial charge in [-0.05, 0) is 26.0 Å². The highest BCUT2D eigenvalue weighted by atomic mass is 19.1. The van der Waals surface area contributed by atoms with Gasteiger partial charge in [-0.15, -0.1) is 0 Å². The van der Waals surface area contributed by atoms with Gasteiger partial charge in [0.2, 0.25) is 0 Å². The maximum absolute atomic E-state index is 13.6. The first kappa shape index (κ1) is 16.0. The summed E-state index contributed by atoms with van der Waals surface area (Å²) in [5.41, 5.74) is -1.04. The largest absolute Gasteiger partial charge is 0.394 e. The molecule has 0 saturated carbocycles. The molecule has 116 valence electrons. The van der Waals surface area contributed by atoms with Gasteiger partial charge in [0, 0.05) is 13.1 Å². The highest BCUT2D eigenvalue weighted by Gasteiger charge is 2.34. The van der Waals surface area contributed by atoms with Gasteiger partial charge in [-0.1, -0.05) is 6.07 Å². The number of rotatable bonds is 4. The third kappa shape index (κ3) is 3.84. The molecular weight excluding hydrogens is 280 g/mol. The summed E-state index contributed by atoms with van der Waals surface area (Å²) < 4.78 is 32.8. The van der Waals surface area contributed by atoms with Gasteiger partial charge in [0.15, 0.2) is 5.78 Å². The van der Waals surface area contributed by atoms with Crippen LogP contribution in [0.2, 0.25) is 0 Å². The standard InChI is InChI=1S/C15H19F2NO3/c1-15(2)9-18(6-10(8-19)21-15)7-13(20)14-11(16)4-3-5-12(14)17/h3-5,10,19H,6-9H2,1-2H3. The maximum Gasteiger partial charge on any atom is 0.182 e. The second-order valence-corrected chi connectivity index (χ2v) is 5.87. The van der Waals surface area contributed by atoms with Crippen LogP contribution in [-0.4, -0.2) is 53.7 Å². The van der Waals surface area contributed by atoms with Gasteiger partial charge >= 0.3 is 0 Å². The van der Waals surface area contributed by atoms with Gasteiger partial charge in [0.25, 0.3) is 0 Å². The van der Waals surface area contributed by atoms with Crippen molar-refractivity contribution in [1.29, 1.82) is 0 Å². The predicted molar refractivity (Wildman–Crippen MR) is 73.2 cm³/mol. The van der Waals surface area contributed by atoms with Crippen LogP contribution >= 0.6 is 0 Å². The number of ketones is 1. The molecule has 1 aliphatic rings. The molecule has 1 unspecified atom stereocenters. The lowest BCUT2D eigenvalue weighted by Gasteiger charge is -2.42. The van der Waals surface area contributed by atoms with Gasteiger partial charge in [-0.3, -0.25) is 9.69 Å². The Hall–Kier alpha value is -1.37. The van der Waals surface area contributed by atoms with Crippen LogP contribution in [0.25, 0.3) is 0 Å². The minimum absolute atomic E-state index is 0.110. The third-order valence-corrected chi connectivity index (χ3v) is 3.36. The van der Waals surface area contributed by atoms with Crippen molar-refractivity contribution in [3.8, 4) is 0 Å². The number of Topliss-reactive ketones (excluding diaryl/α,β-unsaturated/α-hetero) is 1. The Kier molecular flexibility index (Phi) is 4.70. The zero-order valence-electron chi connectivity index (χ0n) is 12.1. The van der Waals surface area contributed by atoms with E-state index in [1.165, 1.54) is 6.07 Å². The Bertz CT molecular complexity index is 513. The van der Waals surface area contributed by atoms with E-state index in [0.29, 0.717) is 13.1 Å². The first-order valence-corrected chi connectivity index (χ1v) is 6.80. The van der Waals surface area contributed by atoms with Crippen LogP contribution in [0.3, 0.4) is 0 Å². The number of benzene rings is 1. The molecule has 0 aromatic heterocycles. The molecule has 1 aliphatic heterocycles. The molecule has 1 aromatic carbocycles. The summed E-state index contributed by atoms with van der Waals surface area (Å²) in [5, 5.41) is 9.22. The SMILES string of the molecule is CC1(C)CN(CC(=O)c2c(F)cccc2F)CC(CO)O1. The van der Waals surface area contributed by atoms with Crippen molar-refractivity contribution >= 4 is 5.78 Å². The molecule has 6 heteroatoms. The molecular formula is C15H19F2NO3. The highest BCUT2D eigenvalue weighted by Crippen LogP contribution is 2.22. The van der Waals surface area contributed by atoms with Gasteiger partial charge < -0.3 is 9.84 Å². The van der Waals surface area contributed by atoms with E-state index in [2.05, 4.69) is 0 Å². The Balaban J connectivity index is 2.12. The first-order chi connectivity index (χ1) is 9.82. The number of carbonyl (C=O) groups excluding carboxylic acids is 1. The van der Waals surface area contributed by atoms with E-state index >= 15 is 0 Å². The van der Waals surface area contributed by atoms with Gasteiger partial charge in [-0.25, -0.2) is 8.78 Å². The number of carbonyl (C=O) groups is 1. The van der Waals surface area contributed by atoms with Crippen LogP contribution < -0.4 is 0 Å². The Labute approximate surface area is 122 Å². The fourth-order valence-corrected chi connectivity index (χ4v) is 2.68. The average Bonchev–Trinajstić information content (AvgIpc) is 2.36. The summed E-state index contributed by atoms with van der Waals surface area (Å²) in [6.07, 6.45) is -0.410. The molecule has 4 nitrogen and oxygen atoms in total. The smallest absolute Gasteiger partial charge is 0.182 e. The molecule has 21 heavy (non-hydrogen) atoms.